The number of nitrogens with zero attached hydrogens (tertiary/aromatic N) is 3. The lowest BCUT2D eigenvalue weighted by Crippen LogP contribution is -2.47. The van der Waals surface area contributed by atoms with Crippen molar-refractivity contribution in [1.29, 1.82) is 0 Å². The molecular weight excluding hydrogens is 576 g/mol. The second-order valence-corrected chi connectivity index (χ2v) is 13.1. The van der Waals surface area contributed by atoms with Crippen molar-refractivity contribution in [2.75, 3.05) is 13.1 Å². The third kappa shape index (κ3) is 5.72. The number of hydrogen-bond acceptors (Lipinski definition) is 5. The molecule has 0 aliphatic heterocycles. The van der Waals surface area contributed by atoms with Crippen LogP contribution >= 0.6 is 0 Å². The number of aliphatic hydroxyl groups excluding tert-OH is 1. The largest absolute Gasteiger partial charge is 0.415 e. The monoisotopic (exact) mass is 606 g/mol. The van der Waals surface area contributed by atoms with E-state index in [0.29, 0.717) is 29.3 Å². The van der Waals surface area contributed by atoms with Crippen LogP contribution in [0.15, 0.2) is 60.3 Å². The standard InChI is InChI=1S/C29H30F4N4O4S/c1-28-13-19-14-35-37(23-10-8-22(30)9-11-23)25(19)12-20(28)6-7-21(28)15-36(16-26(38)29(31,32)33)42(40,41)17-18-4-2-3-5-24(18)27(34)39/h2-5,8-12,14,21,26,38H,6-7,13,15-17H2,1H3,(H2,34,39)/t21-,26?,28+/m1/s1. The van der Waals surface area contributed by atoms with Gasteiger partial charge in [-0.15, -0.1) is 0 Å². The topological polar surface area (TPSA) is 119 Å². The van der Waals surface area contributed by atoms with Gasteiger partial charge in [0.1, 0.15) is 5.82 Å². The zero-order valence-corrected chi connectivity index (χ0v) is 23.5. The number of amides is 1. The van der Waals surface area contributed by atoms with Crippen molar-refractivity contribution < 1.29 is 35.9 Å². The summed E-state index contributed by atoms with van der Waals surface area (Å²) in [4.78, 5) is 11.9. The van der Waals surface area contributed by atoms with E-state index in [4.69, 9.17) is 5.73 Å². The number of aliphatic hydroxyl groups is 1. The fraction of sp³-hybridized carbons (Fsp3) is 0.379. The van der Waals surface area contributed by atoms with Gasteiger partial charge in [-0.2, -0.15) is 22.6 Å². The van der Waals surface area contributed by atoms with E-state index in [1.165, 1.54) is 36.4 Å². The molecule has 224 valence electrons. The van der Waals surface area contributed by atoms with Gasteiger partial charge < -0.3 is 10.8 Å². The molecule has 3 atom stereocenters. The summed E-state index contributed by atoms with van der Waals surface area (Å²) < 4.78 is 83.3. The minimum absolute atomic E-state index is 0.0478. The molecule has 8 nitrogen and oxygen atoms in total. The normalized spacial score (nSPS) is 21.1. The number of rotatable bonds is 9. The molecule has 0 bridgehead atoms. The minimum Gasteiger partial charge on any atom is -0.382 e. The number of sulfonamides is 1. The fourth-order valence-electron chi connectivity index (χ4n) is 6.03. The Kier molecular flexibility index (Phi) is 7.79. The molecule has 13 heteroatoms. The fourth-order valence-corrected chi connectivity index (χ4v) is 7.64. The number of benzene rings is 2. The van der Waals surface area contributed by atoms with Gasteiger partial charge in [-0.3, -0.25) is 4.79 Å². The number of alkyl halides is 3. The van der Waals surface area contributed by atoms with E-state index in [1.54, 1.807) is 23.0 Å². The number of aromatic nitrogens is 2. The molecule has 0 saturated heterocycles. The van der Waals surface area contributed by atoms with Gasteiger partial charge in [-0.05, 0) is 78.1 Å². The highest BCUT2D eigenvalue weighted by Crippen LogP contribution is 2.53. The van der Waals surface area contributed by atoms with Crippen molar-refractivity contribution in [3.8, 4) is 5.69 Å². The molecule has 2 aliphatic rings. The highest BCUT2D eigenvalue weighted by atomic mass is 32.2. The predicted molar refractivity (Wildman–Crippen MR) is 147 cm³/mol. The van der Waals surface area contributed by atoms with Crippen LogP contribution in [-0.4, -0.2) is 58.9 Å². The number of halogens is 4. The summed E-state index contributed by atoms with van der Waals surface area (Å²) in [5, 5.41) is 14.4. The minimum atomic E-state index is -5.03. The number of carbonyl (C=O) groups excluding carboxylic acids is 1. The maximum atomic E-state index is 13.6. The summed E-state index contributed by atoms with van der Waals surface area (Å²) >= 11 is 0. The molecule has 3 aromatic rings. The Morgan fingerprint density at radius 2 is 1.90 bits per heavy atom. The van der Waals surface area contributed by atoms with Crippen molar-refractivity contribution in [3.05, 3.63) is 88.5 Å². The number of allylic oxidation sites excluding steroid dienone is 1. The average Bonchev–Trinajstić information content (AvgIpc) is 3.46. The van der Waals surface area contributed by atoms with Gasteiger partial charge in [0.2, 0.25) is 15.9 Å². The molecule has 42 heavy (non-hydrogen) atoms. The van der Waals surface area contributed by atoms with E-state index in [9.17, 15) is 35.9 Å². The summed E-state index contributed by atoms with van der Waals surface area (Å²) in [7, 11) is -4.44. The zero-order valence-electron chi connectivity index (χ0n) is 22.7. The molecule has 1 fully saturated rings. The first-order valence-corrected chi connectivity index (χ1v) is 14.9. The maximum absolute atomic E-state index is 13.6. The Bertz CT molecular complexity index is 1640. The van der Waals surface area contributed by atoms with E-state index in [0.717, 1.165) is 16.8 Å². The highest BCUT2D eigenvalue weighted by molar-refractivity contribution is 7.88. The number of nitrogens with two attached hydrogens (primary N) is 1. The summed E-state index contributed by atoms with van der Waals surface area (Å²) in [5.74, 6) is -2.36. The van der Waals surface area contributed by atoms with Crippen LogP contribution in [0.2, 0.25) is 0 Å². The average molecular weight is 607 g/mol. The molecule has 0 radical (unpaired) electrons. The third-order valence-corrected chi connectivity index (χ3v) is 10.2. The predicted octanol–water partition coefficient (Wildman–Crippen LogP) is 4.22. The summed E-state index contributed by atoms with van der Waals surface area (Å²) in [5.41, 5.74) is 8.19. The van der Waals surface area contributed by atoms with Crippen LogP contribution in [0.5, 0.6) is 0 Å². The number of hydrogen-bond donors (Lipinski definition) is 2. The van der Waals surface area contributed by atoms with E-state index in [-0.39, 0.29) is 29.4 Å². The van der Waals surface area contributed by atoms with Gasteiger partial charge >= 0.3 is 6.18 Å². The smallest absolute Gasteiger partial charge is 0.382 e. The van der Waals surface area contributed by atoms with Crippen molar-refractivity contribution in [1.82, 2.24) is 14.1 Å². The Morgan fingerprint density at radius 3 is 2.57 bits per heavy atom. The van der Waals surface area contributed by atoms with Crippen molar-refractivity contribution in [2.45, 2.75) is 44.2 Å². The molecule has 3 N–H and O–H groups in total. The first kappa shape index (κ1) is 29.9. The lowest BCUT2D eigenvalue weighted by atomic mass is 9.70. The Morgan fingerprint density at radius 1 is 1.21 bits per heavy atom. The molecular formula is C29H30F4N4O4S. The van der Waals surface area contributed by atoms with Crippen LogP contribution in [0.3, 0.4) is 0 Å². The third-order valence-electron chi connectivity index (χ3n) is 8.42. The molecule has 2 aromatic carbocycles. The lowest BCUT2D eigenvalue weighted by Gasteiger charge is -2.38. The molecule has 2 aliphatic carbocycles. The number of fused-ring (bicyclic) bond motifs is 2. The van der Waals surface area contributed by atoms with Crippen molar-refractivity contribution >= 4 is 22.0 Å². The first-order chi connectivity index (χ1) is 19.7. The van der Waals surface area contributed by atoms with Gasteiger partial charge in [-0.1, -0.05) is 30.7 Å². The first-order valence-electron chi connectivity index (χ1n) is 13.3. The van der Waals surface area contributed by atoms with E-state index in [2.05, 4.69) is 5.10 Å². The van der Waals surface area contributed by atoms with E-state index in [1.807, 2.05) is 13.0 Å². The molecule has 1 heterocycles. The van der Waals surface area contributed by atoms with Crippen LogP contribution in [0.4, 0.5) is 17.6 Å². The Balaban J connectivity index is 1.45. The Hall–Kier alpha value is -3.55. The van der Waals surface area contributed by atoms with Crippen LogP contribution in [0, 0.1) is 17.2 Å². The second-order valence-electron chi connectivity index (χ2n) is 11.1. The molecule has 5 rings (SSSR count). The number of carbonyl (C=O) groups is 1. The van der Waals surface area contributed by atoms with E-state index < -0.39 is 45.9 Å². The second kappa shape index (κ2) is 10.9. The van der Waals surface area contributed by atoms with Crippen molar-refractivity contribution in [2.24, 2.45) is 17.1 Å². The van der Waals surface area contributed by atoms with Crippen LogP contribution < -0.4 is 5.73 Å². The summed E-state index contributed by atoms with van der Waals surface area (Å²) in [6, 6.07) is 11.6. The lowest BCUT2D eigenvalue weighted by molar-refractivity contribution is -0.205. The quantitative estimate of drug-likeness (QED) is 0.354. The van der Waals surface area contributed by atoms with Crippen molar-refractivity contribution in [3.63, 3.8) is 0 Å². The van der Waals surface area contributed by atoms with Crippen LogP contribution in [-0.2, 0) is 22.2 Å². The highest BCUT2D eigenvalue weighted by Gasteiger charge is 2.48. The molecule has 0 spiro atoms. The van der Waals surface area contributed by atoms with Crippen LogP contribution in [0.25, 0.3) is 11.8 Å². The van der Waals surface area contributed by atoms with Crippen LogP contribution in [0.1, 0.15) is 46.9 Å². The summed E-state index contributed by atoms with van der Waals surface area (Å²) in [6.07, 6.45) is -2.68. The van der Waals surface area contributed by atoms with Gasteiger partial charge in [0, 0.05) is 18.7 Å². The maximum Gasteiger partial charge on any atom is 0.415 e. The van der Waals surface area contributed by atoms with Gasteiger partial charge in [-0.25, -0.2) is 17.5 Å². The molecule has 1 aromatic heterocycles. The Labute approximate surface area is 240 Å². The van der Waals surface area contributed by atoms with Gasteiger partial charge in [0.25, 0.3) is 0 Å². The number of primary amides is 1. The zero-order chi connectivity index (χ0) is 30.4. The van der Waals surface area contributed by atoms with Gasteiger partial charge in [0.05, 0.1) is 23.3 Å². The molecule has 1 amide bonds. The summed E-state index contributed by atoms with van der Waals surface area (Å²) in [6.45, 7) is 0.523. The SMILES string of the molecule is C[C@]12Cc3cnn(-c4ccc(F)cc4)c3C=C1CC[C@@H]2CN(CC(O)C(F)(F)F)S(=O)(=O)Cc1ccccc1C(N)=O. The van der Waals surface area contributed by atoms with E-state index >= 15 is 0 Å². The molecule has 1 saturated carbocycles. The van der Waals surface area contributed by atoms with Gasteiger partial charge in [0.15, 0.2) is 6.10 Å². The molecule has 1 unspecified atom stereocenters.